The topological polar surface area (TPSA) is 59.2 Å². The number of carbonyl (C=O) groups is 1. The van der Waals surface area contributed by atoms with Gasteiger partial charge in [0, 0.05) is 23.8 Å². The van der Waals surface area contributed by atoms with Crippen LogP contribution < -0.4 is 5.73 Å². The van der Waals surface area contributed by atoms with E-state index in [1.165, 1.54) is 0 Å². The number of aromatic nitrogens is 1. The van der Waals surface area contributed by atoms with Gasteiger partial charge in [-0.2, -0.15) is 0 Å². The number of nitrogens with two attached hydrogens (primary N) is 1. The van der Waals surface area contributed by atoms with Crippen molar-refractivity contribution in [3.8, 4) is 0 Å². The summed E-state index contributed by atoms with van der Waals surface area (Å²) in [5, 5.41) is 0. The van der Waals surface area contributed by atoms with Gasteiger partial charge in [0.25, 0.3) is 5.91 Å². The smallest absolute Gasteiger partial charge is 0.273 e. The maximum Gasteiger partial charge on any atom is 0.273 e. The summed E-state index contributed by atoms with van der Waals surface area (Å²) in [5.41, 5.74) is 6.09. The predicted octanol–water partition coefficient (Wildman–Crippen LogP) is 1.26. The first kappa shape index (κ1) is 11.5. The van der Waals surface area contributed by atoms with Crippen LogP contribution in [0.25, 0.3) is 0 Å². The van der Waals surface area contributed by atoms with Crippen molar-refractivity contribution in [2.45, 2.75) is 6.42 Å². The van der Waals surface area contributed by atoms with Crippen molar-refractivity contribution in [1.29, 1.82) is 0 Å². The lowest BCUT2D eigenvalue weighted by Crippen LogP contribution is -2.30. The van der Waals surface area contributed by atoms with Crippen molar-refractivity contribution in [2.24, 2.45) is 11.7 Å². The van der Waals surface area contributed by atoms with E-state index in [-0.39, 0.29) is 5.91 Å². The highest BCUT2D eigenvalue weighted by atomic mass is 79.9. The highest BCUT2D eigenvalue weighted by Gasteiger charge is 2.27. The number of likely N-dealkylation sites (tertiary alicyclic amines) is 1. The monoisotopic (exact) mass is 283 g/mol. The minimum atomic E-state index is -0.0107. The average molecular weight is 284 g/mol. The molecule has 1 aromatic heterocycles. The molecule has 2 heterocycles. The summed E-state index contributed by atoms with van der Waals surface area (Å²) in [6.07, 6.45) is 2.63. The van der Waals surface area contributed by atoms with E-state index >= 15 is 0 Å². The Morgan fingerprint density at radius 3 is 3.12 bits per heavy atom. The van der Waals surface area contributed by atoms with Gasteiger partial charge >= 0.3 is 0 Å². The first-order valence-electron chi connectivity index (χ1n) is 5.32. The lowest BCUT2D eigenvalue weighted by Gasteiger charge is -2.16. The summed E-state index contributed by atoms with van der Waals surface area (Å²) in [7, 11) is 0. The van der Waals surface area contributed by atoms with Gasteiger partial charge in [-0.25, -0.2) is 4.98 Å². The molecule has 1 aliphatic heterocycles. The van der Waals surface area contributed by atoms with Crippen molar-refractivity contribution in [3.05, 3.63) is 28.5 Å². The quantitative estimate of drug-likeness (QED) is 0.889. The molecule has 0 radical (unpaired) electrons. The summed E-state index contributed by atoms with van der Waals surface area (Å²) in [6, 6.07) is 3.63. The molecule has 2 N–H and O–H groups in total. The molecule has 4 nitrogen and oxygen atoms in total. The van der Waals surface area contributed by atoms with Crippen molar-refractivity contribution < 1.29 is 4.79 Å². The summed E-state index contributed by atoms with van der Waals surface area (Å²) >= 11 is 3.34. The highest BCUT2D eigenvalue weighted by molar-refractivity contribution is 9.10. The molecule has 1 aliphatic rings. The zero-order valence-electron chi connectivity index (χ0n) is 8.90. The summed E-state index contributed by atoms with van der Waals surface area (Å²) in [4.78, 5) is 18.1. The van der Waals surface area contributed by atoms with E-state index in [2.05, 4.69) is 20.9 Å². The van der Waals surface area contributed by atoms with E-state index in [1.807, 2.05) is 11.0 Å². The maximum atomic E-state index is 12.1. The van der Waals surface area contributed by atoms with Gasteiger partial charge in [-0.05, 0) is 46.9 Å². The largest absolute Gasteiger partial charge is 0.337 e. The lowest BCUT2D eigenvalue weighted by atomic mass is 10.1. The number of hydrogen-bond acceptors (Lipinski definition) is 3. The van der Waals surface area contributed by atoms with Crippen LogP contribution in [0.4, 0.5) is 0 Å². The Balaban J connectivity index is 2.12. The molecular formula is C11H14BrN3O. The van der Waals surface area contributed by atoms with Crippen LogP contribution in [-0.4, -0.2) is 35.4 Å². The van der Waals surface area contributed by atoms with Crippen LogP contribution >= 0.6 is 15.9 Å². The van der Waals surface area contributed by atoms with E-state index in [0.717, 1.165) is 24.0 Å². The van der Waals surface area contributed by atoms with Crippen LogP contribution in [0.5, 0.6) is 0 Å². The van der Waals surface area contributed by atoms with Gasteiger partial charge in [0.1, 0.15) is 5.69 Å². The SMILES string of the molecule is NCC1CCN(C(=O)c2ncccc2Br)C1. The Morgan fingerprint density at radius 1 is 1.69 bits per heavy atom. The number of carbonyl (C=O) groups excluding carboxylic acids is 1. The van der Waals surface area contributed by atoms with Crippen molar-refractivity contribution >= 4 is 21.8 Å². The normalized spacial score (nSPS) is 20.1. The number of pyridine rings is 1. The molecule has 1 aromatic rings. The first-order valence-corrected chi connectivity index (χ1v) is 6.11. The van der Waals surface area contributed by atoms with Crippen LogP contribution in [0.3, 0.4) is 0 Å². The molecule has 86 valence electrons. The molecule has 0 spiro atoms. The number of hydrogen-bond donors (Lipinski definition) is 1. The van der Waals surface area contributed by atoms with E-state index in [0.29, 0.717) is 18.2 Å². The molecule has 1 fully saturated rings. The van der Waals surface area contributed by atoms with Crippen molar-refractivity contribution in [3.63, 3.8) is 0 Å². The Kier molecular flexibility index (Phi) is 3.56. The maximum absolute atomic E-state index is 12.1. The van der Waals surface area contributed by atoms with Crippen LogP contribution in [0.1, 0.15) is 16.9 Å². The Bertz CT molecular complexity index is 397. The first-order chi connectivity index (χ1) is 7.72. The van der Waals surface area contributed by atoms with Gasteiger partial charge in [-0.15, -0.1) is 0 Å². The Morgan fingerprint density at radius 2 is 2.50 bits per heavy atom. The number of nitrogens with zero attached hydrogens (tertiary/aromatic N) is 2. The molecule has 0 aliphatic carbocycles. The second kappa shape index (κ2) is 4.93. The fourth-order valence-electron chi connectivity index (χ4n) is 1.90. The molecule has 5 heteroatoms. The van der Waals surface area contributed by atoms with Gasteiger partial charge in [-0.3, -0.25) is 4.79 Å². The molecule has 0 aromatic carbocycles. The third kappa shape index (κ3) is 2.25. The fraction of sp³-hybridized carbons (Fsp3) is 0.455. The summed E-state index contributed by atoms with van der Waals surface area (Å²) in [5.74, 6) is 0.426. The molecule has 1 amide bonds. The summed E-state index contributed by atoms with van der Waals surface area (Å²) in [6.45, 7) is 2.18. The molecule has 16 heavy (non-hydrogen) atoms. The second-order valence-corrected chi connectivity index (χ2v) is 4.83. The zero-order chi connectivity index (χ0) is 11.5. The van der Waals surface area contributed by atoms with Crippen LogP contribution in [0, 0.1) is 5.92 Å². The third-order valence-corrected chi connectivity index (χ3v) is 3.51. The molecule has 1 atom stereocenters. The van der Waals surface area contributed by atoms with E-state index in [9.17, 15) is 4.79 Å². The molecule has 1 unspecified atom stereocenters. The summed E-state index contributed by atoms with van der Waals surface area (Å²) < 4.78 is 0.746. The minimum Gasteiger partial charge on any atom is -0.337 e. The van der Waals surface area contributed by atoms with E-state index in [4.69, 9.17) is 5.73 Å². The molecule has 2 rings (SSSR count). The minimum absolute atomic E-state index is 0.0107. The average Bonchev–Trinajstić information content (AvgIpc) is 2.77. The number of rotatable bonds is 2. The van der Waals surface area contributed by atoms with Crippen LogP contribution in [-0.2, 0) is 0 Å². The van der Waals surface area contributed by atoms with E-state index in [1.54, 1.807) is 12.3 Å². The van der Waals surface area contributed by atoms with Gasteiger partial charge in [0.05, 0.1) is 0 Å². The lowest BCUT2D eigenvalue weighted by molar-refractivity contribution is 0.0781. The van der Waals surface area contributed by atoms with Gasteiger partial charge in [0.15, 0.2) is 0 Å². The predicted molar refractivity (Wildman–Crippen MR) is 65.0 cm³/mol. The van der Waals surface area contributed by atoms with Crippen LogP contribution in [0.15, 0.2) is 22.8 Å². The molecule has 1 saturated heterocycles. The fourth-order valence-corrected chi connectivity index (χ4v) is 2.33. The van der Waals surface area contributed by atoms with E-state index < -0.39 is 0 Å². The molecular weight excluding hydrogens is 270 g/mol. The van der Waals surface area contributed by atoms with Gasteiger partial charge in [-0.1, -0.05) is 0 Å². The van der Waals surface area contributed by atoms with Crippen molar-refractivity contribution in [1.82, 2.24) is 9.88 Å². The number of amides is 1. The zero-order valence-corrected chi connectivity index (χ0v) is 10.5. The third-order valence-electron chi connectivity index (χ3n) is 2.87. The highest BCUT2D eigenvalue weighted by Crippen LogP contribution is 2.20. The van der Waals surface area contributed by atoms with Crippen LogP contribution in [0.2, 0.25) is 0 Å². The molecule has 0 saturated carbocycles. The van der Waals surface area contributed by atoms with Crippen molar-refractivity contribution in [2.75, 3.05) is 19.6 Å². The Labute approximate surface area is 103 Å². The Hall–Kier alpha value is -0.940. The standard InChI is InChI=1S/C11H14BrN3O/c12-9-2-1-4-14-10(9)11(16)15-5-3-8(6-13)7-15/h1-2,4,8H,3,5-7,13H2. The second-order valence-electron chi connectivity index (χ2n) is 3.98. The van der Waals surface area contributed by atoms with Gasteiger partial charge < -0.3 is 10.6 Å². The van der Waals surface area contributed by atoms with Gasteiger partial charge in [0.2, 0.25) is 0 Å². The molecule has 0 bridgehead atoms. The number of halogens is 1.